The molecule has 1 aromatic heterocycles. The Morgan fingerprint density at radius 3 is 2.57 bits per heavy atom. The van der Waals surface area contributed by atoms with Crippen LogP contribution in [0.1, 0.15) is 77.3 Å². The van der Waals surface area contributed by atoms with Crippen LogP contribution in [0.5, 0.6) is 0 Å². The molecule has 0 fully saturated rings. The number of aromatic amines is 1. The van der Waals surface area contributed by atoms with Crippen LogP contribution in [-0.4, -0.2) is 21.5 Å². The predicted molar refractivity (Wildman–Crippen MR) is 97.2 cm³/mol. The topological polar surface area (TPSA) is 62.8 Å². The Balaban J connectivity index is 2.19. The SMILES string of the molecule is CCCCCCCC(=O)CCCSc1nc(CCC)cc(=O)[nH]1. The molecule has 0 aliphatic rings. The Morgan fingerprint density at radius 2 is 1.83 bits per heavy atom. The quantitative estimate of drug-likeness (QED) is 0.326. The summed E-state index contributed by atoms with van der Waals surface area (Å²) in [5.74, 6) is 1.18. The summed E-state index contributed by atoms with van der Waals surface area (Å²) < 4.78 is 0. The van der Waals surface area contributed by atoms with E-state index in [9.17, 15) is 9.59 Å². The smallest absolute Gasteiger partial charge is 0.251 e. The number of H-pyrrole nitrogens is 1. The molecule has 1 rings (SSSR count). The molecule has 0 unspecified atom stereocenters. The molecule has 0 amide bonds. The van der Waals surface area contributed by atoms with E-state index in [0.29, 0.717) is 17.4 Å². The molecule has 0 saturated heterocycles. The number of nitrogens with zero attached hydrogens (tertiary/aromatic N) is 1. The van der Waals surface area contributed by atoms with E-state index in [-0.39, 0.29) is 5.56 Å². The third kappa shape index (κ3) is 9.59. The van der Waals surface area contributed by atoms with Gasteiger partial charge in [0.15, 0.2) is 5.16 Å². The van der Waals surface area contributed by atoms with Crippen LogP contribution >= 0.6 is 11.8 Å². The molecule has 0 saturated carbocycles. The molecule has 4 nitrogen and oxygen atoms in total. The summed E-state index contributed by atoms with van der Waals surface area (Å²) in [6.07, 6.45) is 9.96. The number of carbonyl (C=O) groups is 1. The van der Waals surface area contributed by atoms with Crippen molar-refractivity contribution in [1.82, 2.24) is 9.97 Å². The van der Waals surface area contributed by atoms with Crippen LogP contribution in [0.2, 0.25) is 0 Å². The highest BCUT2D eigenvalue weighted by atomic mass is 32.2. The number of hydrogen-bond acceptors (Lipinski definition) is 4. The molecule has 0 aromatic carbocycles. The van der Waals surface area contributed by atoms with E-state index >= 15 is 0 Å². The summed E-state index contributed by atoms with van der Waals surface area (Å²) in [5.41, 5.74) is 0.760. The summed E-state index contributed by atoms with van der Waals surface area (Å²) in [6.45, 7) is 4.27. The number of unbranched alkanes of at least 4 members (excludes halogenated alkanes) is 4. The summed E-state index contributed by atoms with van der Waals surface area (Å²) in [6, 6.07) is 1.57. The molecule has 0 aliphatic heterocycles. The fourth-order valence-corrected chi connectivity index (χ4v) is 3.26. The summed E-state index contributed by atoms with van der Waals surface area (Å²) >= 11 is 1.53. The third-order valence-corrected chi connectivity index (χ3v) is 4.64. The van der Waals surface area contributed by atoms with E-state index in [2.05, 4.69) is 23.8 Å². The average molecular weight is 339 g/mol. The number of aryl methyl sites for hydroxylation is 1. The number of thioether (sulfide) groups is 1. The predicted octanol–water partition coefficient (Wildman–Crippen LogP) is 4.52. The molecule has 0 bridgehead atoms. The van der Waals surface area contributed by atoms with Gasteiger partial charge in [-0.15, -0.1) is 0 Å². The second-order valence-electron chi connectivity index (χ2n) is 5.95. The molecule has 1 aromatic rings. The van der Waals surface area contributed by atoms with Crippen molar-refractivity contribution in [2.24, 2.45) is 0 Å². The maximum atomic E-state index is 11.8. The van der Waals surface area contributed by atoms with Gasteiger partial charge in [0.05, 0.1) is 0 Å². The van der Waals surface area contributed by atoms with Gasteiger partial charge in [0, 0.05) is 30.4 Å². The average Bonchev–Trinajstić information content (AvgIpc) is 2.51. The van der Waals surface area contributed by atoms with E-state index in [4.69, 9.17) is 0 Å². The molecule has 5 heteroatoms. The Morgan fingerprint density at radius 1 is 1.09 bits per heavy atom. The number of carbonyl (C=O) groups excluding carboxylic acids is 1. The van der Waals surface area contributed by atoms with E-state index in [1.807, 2.05) is 0 Å². The standard InChI is InChI=1S/C18H30N2O2S/c1-3-5-6-7-8-11-16(21)12-9-13-23-18-19-15(10-4-2)14-17(22)20-18/h14H,3-13H2,1-2H3,(H,19,20,22). The first-order chi connectivity index (χ1) is 11.2. The van der Waals surface area contributed by atoms with Gasteiger partial charge in [0.2, 0.25) is 0 Å². The van der Waals surface area contributed by atoms with Gasteiger partial charge in [-0.05, 0) is 19.3 Å². The lowest BCUT2D eigenvalue weighted by molar-refractivity contribution is -0.119. The minimum atomic E-state index is -0.0888. The number of hydrogen-bond donors (Lipinski definition) is 1. The highest BCUT2D eigenvalue weighted by Gasteiger charge is 2.04. The lowest BCUT2D eigenvalue weighted by Gasteiger charge is -2.04. The summed E-state index contributed by atoms with van der Waals surface area (Å²) in [4.78, 5) is 30.6. The molecule has 0 aliphatic carbocycles. The number of ketones is 1. The molecular weight excluding hydrogens is 308 g/mol. The fraction of sp³-hybridized carbons (Fsp3) is 0.722. The highest BCUT2D eigenvalue weighted by molar-refractivity contribution is 7.99. The van der Waals surface area contributed by atoms with Gasteiger partial charge in [0.1, 0.15) is 5.78 Å². The zero-order valence-electron chi connectivity index (χ0n) is 14.5. The molecular formula is C18H30N2O2S. The number of rotatable bonds is 13. The molecule has 23 heavy (non-hydrogen) atoms. The maximum absolute atomic E-state index is 11.8. The van der Waals surface area contributed by atoms with Crippen molar-refractivity contribution >= 4 is 17.5 Å². The van der Waals surface area contributed by atoms with E-state index in [1.165, 1.54) is 37.4 Å². The van der Waals surface area contributed by atoms with Gasteiger partial charge in [-0.2, -0.15) is 0 Å². The third-order valence-electron chi connectivity index (χ3n) is 3.68. The fourth-order valence-electron chi connectivity index (χ4n) is 2.42. The summed E-state index contributed by atoms with van der Waals surface area (Å²) in [7, 11) is 0. The Labute approximate surface area is 143 Å². The second kappa shape index (κ2) is 12.3. The van der Waals surface area contributed by atoms with Crippen LogP contribution in [-0.2, 0) is 11.2 Å². The van der Waals surface area contributed by atoms with E-state index in [1.54, 1.807) is 6.07 Å². The molecule has 1 heterocycles. The zero-order chi connectivity index (χ0) is 16.9. The Kier molecular flexibility index (Phi) is 10.7. The first-order valence-corrected chi connectivity index (χ1v) is 9.89. The van der Waals surface area contributed by atoms with Crippen molar-refractivity contribution < 1.29 is 4.79 Å². The molecule has 0 spiro atoms. The van der Waals surface area contributed by atoms with Gasteiger partial charge >= 0.3 is 0 Å². The van der Waals surface area contributed by atoms with Crippen LogP contribution in [0, 0.1) is 0 Å². The number of aromatic nitrogens is 2. The van der Waals surface area contributed by atoms with Crippen molar-refractivity contribution in [1.29, 1.82) is 0 Å². The van der Waals surface area contributed by atoms with Crippen molar-refractivity contribution in [3.63, 3.8) is 0 Å². The van der Waals surface area contributed by atoms with Crippen LogP contribution in [0.25, 0.3) is 0 Å². The Bertz CT molecular complexity index is 514. The molecule has 0 atom stereocenters. The molecule has 130 valence electrons. The highest BCUT2D eigenvalue weighted by Crippen LogP contribution is 2.15. The number of Topliss-reactive ketones (excluding diaryl/α,β-unsaturated/α-hetero) is 1. The number of nitrogens with one attached hydrogen (secondary N) is 1. The Hall–Kier alpha value is -1.10. The van der Waals surface area contributed by atoms with Crippen molar-refractivity contribution in [2.45, 2.75) is 83.2 Å². The first-order valence-electron chi connectivity index (χ1n) is 8.90. The summed E-state index contributed by atoms with van der Waals surface area (Å²) in [5, 5.41) is 0.674. The van der Waals surface area contributed by atoms with Crippen molar-refractivity contribution in [3.8, 4) is 0 Å². The van der Waals surface area contributed by atoms with Gasteiger partial charge < -0.3 is 4.98 Å². The minimum Gasteiger partial charge on any atom is -0.301 e. The largest absolute Gasteiger partial charge is 0.301 e. The van der Waals surface area contributed by atoms with Crippen molar-refractivity contribution in [2.75, 3.05) is 5.75 Å². The van der Waals surface area contributed by atoms with Gasteiger partial charge in [-0.25, -0.2) is 4.98 Å². The van der Waals surface area contributed by atoms with E-state index < -0.39 is 0 Å². The lowest BCUT2D eigenvalue weighted by Crippen LogP contribution is -2.10. The minimum absolute atomic E-state index is 0.0888. The van der Waals surface area contributed by atoms with Crippen molar-refractivity contribution in [3.05, 3.63) is 22.1 Å². The van der Waals surface area contributed by atoms with Crippen LogP contribution in [0.15, 0.2) is 16.0 Å². The van der Waals surface area contributed by atoms with E-state index in [0.717, 1.165) is 43.6 Å². The second-order valence-corrected chi connectivity index (χ2v) is 7.03. The first kappa shape index (κ1) is 19.9. The van der Waals surface area contributed by atoms with Crippen LogP contribution < -0.4 is 5.56 Å². The van der Waals surface area contributed by atoms with Gasteiger partial charge in [0.25, 0.3) is 5.56 Å². The van der Waals surface area contributed by atoms with Gasteiger partial charge in [-0.1, -0.05) is 57.7 Å². The normalized spacial score (nSPS) is 10.9. The zero-order valence-corrected chi connectivity index (χ0v) is 15.3. The lowest BCUT2D eigenvalue weighted by atomic mass is 10.1. The van der Waals surface area contributed by atoms with Crippen LogP contribution in [0.4, 0.5) is 0 Å². The maximum Gasteiger partial charge on any atom is 0.251 e. The monoisotopic (exact) mass is 338 g/mol. The molecule has 1 N–H and O–H groups in total. The molecule has 0 radical (unpaired) electrons. The van der Waals surface area contributed by atoms with Gasteiger partial charge in [-0.3, -0.25) is 9.59 Å². The van der Waals surface area contributed by atoms with Crippen LogP contribution in [0.3, 0.4) is 0 Å².